The minimum absolute atomic E-state index is 0.0895. The number of benzene rings is 1. The number of aromatic nitrogens is 1. The molecule has 5 nitrogen and oxygen atoms in total. The fourth-order valence-electron chi connectivity index (χ4n) is 1.71. The fraction of sp³-hybridized carbons (Fsp3) is 0.250. The Hall–Kier alpha value is -1.79. The minimum atomic E-state index is -0.351. The Labute approximate surface area is 109 Å². The van der Waals surface area contributed by atoms with E-state index in [1.54, 1.807) is 17.6 Å². The quantitative estimate of drug-likeness (QED) is 0.665. The van der Waals surface area contributed by atoms with Crippen LogP contribution in [0.4, 0.5) is 5.69 Å². The third kappa shape index (κ3) is 2.91. The maximum atomic E-state index is 10.9. The Balaban J connectivity index is 2.09. The first-order chi connectivity index (χ1) is 8.68. The molecule has 0 spiro atoms. The largest absolute Gasteiger partial charge is 0.304 e. The Morgan fingerprint density at radius 1 is 1.50 bits per heavy atom. The molecule has 0 fully saturated rings. The molecule has 0 saturated carbocycles. The van der Waals surface area contributed by atoms with Crippen molar-refractivity contribution in [2.75, 3.05) is 0 Å². The first kappa shape index (κ1) is 12.7. The smallest absolute Gasteiger partial charge is 0.274 e. The minimum Gasteiger partial charge on any atom is -0.304 e. The molecule has 0 saturated heterocycles. The van der Waals surface area contributed by atoms with Gasteiger partial charge in [-0.3, -0.25) is 10.1 Å². The molecular weight excluding hydrogens is 250 g/mol. The standard InChI is InChI=1S/C12H13N3O2S/c1-9(13-6-10-7-18-8-14-10)11-4-2-3-5-12(11)15(16)17/h2-5,7-9,13H,6H2,1H3. The van der Waals surface area contributed by atoms with E-state index in [-0.39, 0.29) is 16.7 Å². The second-order valence-electron chi connectivity index (χ2n) is 3.90. The van der Waals surface area contributed by atoms with Crippen LogP contribution in [0.1, 0.15) is 24.2 Å². The molecule has 0 bridgehead atoms. The molecule has 1 aromatic carbocycles. The van der Waals surface area contributed by atoms with Crippen LogP contribution in [-0.2, 0) is 6.54 Å². The van der Waals surface area contributed by atoms with Crippen LogP contribution in [0.3, 0.4) is 0 Å². The molecule has 6 heteroatoms. The van der Waals surface area contributed by atoms with Gasteiger partial charge in [0.1, 0.15) is 0 Å². The number of hydrogen-bond donors (Lipinski definition) is 1. The van der Waals surface area contributed by atoms with Gasteiger partial charge in [0, 0.05) is 29.6 Å². The number of para-hydroxylation sites is 1. The maximum Gasteiger partial charge on any atom is 0.274 e. The molecular formula is C12H13N3O2S. The lowest BCUT2D eigenvalue weighted by Gasteiger charge is -2.13. The summed E-state index contributed by atoms with van der Waals surface area (Å²) in [5.74, 6) is 0. The highest BCUT2D eigenvalue weighted by molar-refractivity contribution is 7.07. The van der Waals surface area contributed by atoms with Crippen LogP contribution in [0.25, 0.3) is 0 Å². The Morgan fingerprint density at radius 3 is 2.94 bits per heavy atom. The van der Waals surface area contributed by atoms with E-state index in [1.165, 1.54) is 17.4 Å². The van der Waals surface area contributed by atoms with Crippen molar-refractivity contribution in [3.05, 3.63) is 56.5 Å². The van der Waals surface area contributed by atoms with Gasteiger partial charge in [-0.15, -0.1) is 11.3 Å². The summed E-state index contributed by atoms with van der Waals surface area (Å²) < 4.78 is 0. The third-order valence-electron chi connectivity index (χ3n) is 2.67. The number of nitrogens with one attached hydrogen (secondary N) is 1. The Kier molecular flexibility index (Phi) is 4.01. The zero-order valence-electron chi connectivity index (χ0n) is 9.87. The van der Waals surface area contributed by atoms with Crippen molar-refractivity contribution in [3.8, 4) is 0 Å². The van der Waals surface area contributed by atoms with Crippen LogP contribution < -0.4 is 5.32 Å². The summed E-state index contributed by atoms with van der Waals surface area (Å²) in [6.07, 6.45) is 0. The van der Waals surface area contributed by atoms with Crippen LogP contribution in [0, 0.1) is 10.1 Å². The van der Waals surface area contributed by atoms with Crippen molar-refractivity contribution in [3.63, 3.8) is 0 Å². The van der Waals surface area contributed by atoms with E-state index in [2.05, 4.69) is 10.3 Å². The van der Waals surface area contributed by atoms with Crippen LogP contribution in [-0.4, -0.2) is 9.91 Å². The van der Waals surface area contributed by atoms with E-state index in [4.69, 9.17) is 0 Å². The summed E-state index contributed by atoms with van der Waals surface area (Å²) in [5, 5.41) is 16.1. The van der Waals surface area contributed by atoms with Crippen molar-refractivity contribution in [2.24, 2.45) is 0 Å². The van der Waals surface area contributed by atoms with E-state index >= 15 is 0 Å². The van der Waals surface area contributed by atoms with Crippen molar-refractivity contribution >= 4 is 17.0 Å². The van der Waals surface area contributed by atoms with Crippen LogP contribution >= 0.6 is 11.3 Å². The summed E-state index contributed by atoms with van der Waals surface area (Å²) >= 11 is 1.54. The highest BCUT2D eigenvalue weighted by Crippen LogP contribution is 2.24. The predicted molar refractivity (Wildman–Crippen MR) is 70.5 cm³/mol. The van der Waals surface area contributed by atoms with Gasteiger partial charge in [-0.25, -0.2) is 4.98 Å². The molecule has 1 unspecified atom stereocenters. The number of hydrogen-bond acceptors (Lipinski definition) is 5. The van der Waals surface area contributed by atoms with Crippen molar-refractivity contribution < 1.29 is 4.92 Å². The highest BCUT2D eigenvalue weighted by atomic mass is 32.1. The molecule has 0 aliphatic heterocycles. The SMILES string of the molecule is CC(NCc1cscn1)c1ccccc1[N+](=O)[O-]. The van der Waals surface area contributed by atoms with E-state index in [0.29, 0.717) is 12.1 Å². The predicted octanol–water partition coefficient (Wildman–Crippen LogP) is 2.90. The van der Waals surface area contributed by atoms with Crippen LogP contribution in [0.15, 0.2) is 35.2 Å². The molecule has 2 aromatic rings. The molecule has 0 amide bonds. The van der Waals surface area contributed by atoms with Gasteiger partial charge in [0.25, 0.3) is 5.69 Å². The van der Waals surface area contributed by atoms with E-state index < -0.39 is 0 Å². The van der Waals surface area contributed by atoms with Crippen LogP contribution in [0.5, 0.6) is 0 Å². The van der Waals surface area contributed by atoms with Gasteiger partial charge in [-0.1, -0.05) is 18.2 Å². The Bertz CT molecular complexity index is 528. The molecule has 18 heavy (non-hydrogen) atoms. The molecule has 2 rings (SSSR count). The van der Waals surface area contributed by atoms with Gasteiger partial charge >= 0.3 is 0 Å². The molecule has 0 aliphatic carbocycles. The zero-order chi connectivity index (χ0) is 13.0. The summed E-state index contributed by atoms with van der Waals surface area (Å²) in [6, 6.07) is 6.69. The molecule has 1 heterocycles. The fourth-order valence-corrected chi connectivity index (χ4v) is 2.27. The van der Waals surface area contributed by atoms with E-state index in [9.17, 15) is 10.1 Å². The third-order valence-corrected chi connectivity index (χ3v) is 3.31. The van der Waals surface area contributed by atoms with Crippen molar-refractivity contribution in [1.29, 1.82) is 0 Å². The van der Waals surface area contributed by atoms with E-state index in [0.717, 1.165) is 5.69 Å². The maximum absolute atomic E-state index is 10.9. The van der Waals surface area contributed by atoms with Gasteiger partial charge in [0.05, 0.1) is 16.1 Å². The number of nitro groups is 1. The summed E-state index contributed by atoms with van der Waals surface area (Å²) in [4.78, 5) is 14.7. The average Bonchev–Trinajstić information content (AvgIpc) is 2.89. The number of rotatable bonds is 5. The molecule has 1 aromatic heterocycles. The Morgan fingerprint density at radius 2 is 2.28 bits per heavy atom. The lowest BCUT2D eigenvalue weighted by molar-refractivity contribution is -0.385. The van der Waals surface area contributed by atoms with Gasteiger partial charge in [-0.2, -0.15) is 0 Å². The molecule has 0 radical (unpaired) electrons. The number of nitrogens with zero attached hydrogens (tertiary/aromatic N) is 2. The summed E-state index contributed by atoms with van der Waals surface area (Å²) in [5.41, 5.74) is 3.56. The zero-order valence-corrected chi connectivity index (χ0v) is 10.7. The topological polar surface area (TPSA) is 68.1 Å². The molecule has 94 valence electrons. The lowest BCUT2D eigenvalue weighted by Crippen LogP contribution is -2.19. The van der Waals surface area contributed by atoms with Gasteiger partial charge in [0.2, 0.25) is 0 Å². The molecule has 1 N–H and O–H groups in total. The molecule has 1 atom stereocenters. The second-order valence-corrected chi connectivity index (χ2v) is 4.62. The summed E-state index contributed by atoms with van der Waals surface area (Å²) in [6.45, 7) is 2.52. The van der Waals surface area contributed by atoms with Gasteiger partial charge < -0.3 is 5.32 Å². The molecule has 0 aliphatic rings. The van der Waals surface area contributed by atoms with Crippen LogP contribution in [0.2, 0.25) is 0 Å². The highest BCUT2D eigenvalue weighted by Gasteiger charge is 2.17. The lowest BCUT2D eigenvalue weighted by atomic mass is 10.1. The van der Waals surface area contributed by atoms with E-state index in [1.807, 2.05) is 18.4 Å². The first-order valence-electron chi connectivity index (χ1n) is 5.52. The van der Waals surface area contributed by atoms with Gasteiger partial charge in [0.15, 0.2) is 0 Å². The van der Waals surface area contributed by atoms with Gasteiger partial charge in [-0.05, 0) is 6.92 Å². The first-order valence-corrected chi connectivity index (χ1v) is 6.46. The monoisotopic (exact) mass is 263 g/mol. The van der Waals surface area contributed by atoms with Crippen molar-refractivity contribution in [2.45, 2.75) is 19.5 Å². The number of nitro benzene ring substituents is 1. The number of thiazole rings is 1. The van der Waals surface area contributed by atoms with Crippen molar-refractivity contribution in [1.82, 2.24) is 10.3 Å². The second kappa shape index (κ2) is 5.70. The average molecular weight is 263 g/mol. The normalized spacial score (nSPS) is 12.3. The summed E-state index contributed by atoms with van der Waals surface area (Å²) in [7, 11) is 0.